The molecule has 0 saturated heterocycles. The first-order valence-corrected chi connectivity index (χ1v) is 41.8. The number of unbranched alkanes of at least 4 members (excludes halogenated alkanes) is 36. The molecule has 3 N–H and O–H groups in total. The van der Waals surface area contributed by atoms with Crippen LogP contribution in [0.5, 0.6) is 0 Å². The van der Waals surface area contributed by atoms with Gasteiger partial charge in [0.1, 0.15) is 19.3 Å². The molecule has 19 heteroatoms. The molecule has 558 valence electrons. The standard InChI is InChI=1S/C75H146O17P2/c1-9-67(7)53-45-37-29-20-15-13-11-12-14-16-21-33-41-49-57-74(79)91-71(62-86-73(78)56-48-40-32-26-24-30-38-46-54-68(8)10-2)64-90-94(83,84)88-60-69(76)59-87-93(81,82)89-63-70(61-85-72(77)55-47-39-31-25-23-28-36-44-52-66(5)6)92-75(80)58-50-42-34-22-18-17-19-27-35-43-51-65(3)4/h65-71,76H,9-64H2,1-8H3,(H,81,82)(H,83,84)/t67?,68?,69?,70-,71-/m1/s1. The summed E-state index contributed by atoms with van der Waals surface area (Å²) in [5, 5.41) is 10.6. The number of esters is 4. The second-order valence-corrected chi connectivity index (χ2v) is 31.4. The molecule has 0 aliphatic rings. The summed E-state index contributed by atoms with van der Waals surface area (Å²) in [4.78, 5) is 72.8. The molecule has 0 heterocycles. The van der Waals surface area contributed by atoms with Crippen molar-refractivity contribution in [3.05, 3.63) is 0 Å². The molecule has 0 rings (SSSR count). The van der Waals surface area contributed by atoms with Crippen LogP contribution in [0.1, 0.15) is 376 Å². The van der Waals surface area contributed by atoms with E-state index in [4.69, 9.17) is 37.0 Å². The monoisotopic (exact) mass is 1380 g/mol. The zero-order chi connectivity index (χ0) is 69.6. The molecule has 0 bridgehead atoms. The normalized spacial score (nSPS) is 14.7. The minimum absolute atomic E-state index is 0.105. The van der Waals surface area contributed by atoms with Crippen LogP contribution in [0.3, 0.4) is 0 Å². The number of hydrogen-bond donors (Lipinski definition) is 3. The van der Waals surface area contributed by atoms with Crippen molar-refractivity contribution in [3.8, 4) is 0 Å². The van der Waals surface area contributed by atoms with Crippen LogP contribution in [0.4, 0.5) is 0 Å². The molecule has 0 spiro atoms. The maximum Gasteiger partial charge on any atom is 0.472 e. The number of carbonyl (C=O) groups excluding carboxylic acids is 4. The number of phosphoric acid groups is 2. The predicted octanol–water partition coefficient (Wildman–Crippen LogP) is 21.7. The topological polar surface area (TPSA) is 237 Å². The Balaban J connectivity index is 5.26. The average Bonchev–Trinajstić information content (AvgIpc) is 1.46. The summed E-state index contributed by atoms with van der Waals surface area (Å²) >= 11 is 0. The Morgan fingerprint density at radius 2 is 0.511 bits per heavy atom. The third-order valence-electron chi connectivity index (χ3n) is 18.0. The Morgan fingerprint density at radius 1 is 0.298 bits per heavy atom. The zero-order valence-electron chi connectivity index (χ0n) is 61.6. The largest absolute Gasteiger partial charge is 0.472 e. The Kier molecular flexibility index (Phi) is 63.1. The van der Waals surface area contributed by atoms with Crippen molar-refractivity contribution in [2.75, 3.05) is 39.6 Å². The second kappa shape index (κ2) is 64.4. The number of phosphoric ester groups is 2. The van der Waals surface area contributed by atoms with Gasteiger partial charge in [0.2, 0.25) is 0 Å². The van der Waals surface area contributed by atoms with Crippen LogP contribution < -0.4 is 0 Å². The highest BCUT2D eigenvalue weighted by molar-refractivity contribution is 7.47. The highest BCUT2D eigenvalue weighted by Gasteiger charge is 2.30. The number of rotatable bonds is 72. The lowest BCUT2D eigenvalue weighted by molar-refractivity contribution is -0.161. The number of ether oxygens (including phenoxy) is 4. The summed E-state index contributed by atoms with van der Waals surface area (Å²) in [5.41, 5.74) is 0. The van der Waals surface area contributed by atoms with E-state index in [1.54, 1.807) is 0 Å². The number of carbonyl (C=O) groups is 4. The van der Waals surface area contributed by atoms with E-state index in [2.05, 4.69) is 55.4 Å². The van der Waals surface area contributed by atoms with Crippen molar-refractivity contribution >= 4 is 39.5 Å². The molecule has 0 amide bonds. The van der Waals surface area contributed by atoms with E-state index in [1.807, 2.05) is 0 Å². The molecule has 5 unspecified atom stereocenters. The molecule has 17 nitrogen and oxygen atoms in total. The minimum atomic E-state index is -4.96. The summed E-state index contributed by atoms with van der Waals surface area (Å²) in [6, 6.07) is 0. The summed E-state index contributed by atoms with van der Waals surface area (Å²) < 4.78 is 68.5. The summed E-state index contributed by atoms with van der Waals surface area (Å²) in [6.07, 6.45) is 48.5. The van der Waals surface area contributed by atoms with Crippen molar-refractivity contribution in [1.82, 2.24) is 0 Å². The van der Waals surface area contributed by atoms with Crippen LogP contribution in [-0.4, -0.2) is 96.7 Å². The SMILES string of the molecule is CCC(C)CCCCCCCCCCCCCCCCC(=O)O[C@H](COC(=O)CCCCCCCCCCC(C)CC)COP(=O)(O)OCC(O)COP(=O)(O)OC[C@@H](COC(=O)CCCCCCCCCCC(C)C)OC(=O)CCCCCCCCCCCCC(C)C. The van der Waals surface area contributed by atoms with Gasteiger partial charge in [0, 0.05) is 25.7 Å². The van der Waals surface area contributed by atoms with Crippen molar-refractivity contribution in [2.45, 2.75) is 395 Å². The smallest absolute Gasteiger partial charge is 0.462 e. The predicted molar refractivity (Wildman–Crippen MR) is 381 cm³/mol. The molecule has 0 aromatic heterocycles. The molecule has 0 aliphatic heterocycles. The first-order valence-electron chi connectivity index (χ1n) is 38.8. The molecule has 94 heavy (non-hydrogen) atoms. The molecule has 0 fully saturated rings. The van der Waals surface area contributed by atoms with Gasteiger partial charge < -0.3 is 33.8 Å². The van der Waals surface area contributed by atoms with Gasteiger partial charge in [-0.3, -0.25) is 37.3 Å². The molecular formula is C75H146O17P2. The first kappa shape index (κ1) is 92.1. The highest BCUT2D eigenvalue weighted by Crippen LogP contribution is 2.45. The molecule has 0 aliphatic carbocycles. The average molecular weight is 1380 g/mol. The minimum Gasteiger partial charge on any atom is -0.462 e. The van der Waals surface area contributed by atoms with Crippen LogP contribution in [-0.2, 0) is 65.4 Å². The van der Waals surface area contributed by atoms with Crippen LogP contribution >= 0.6 is 15.6 Å². The maximum atomic E-state index is 13.1. The van der Waals surface area contributed by atoms with Crippen LogP contribution in [0.2, 0.25) is 0 Å². The van der Waals surface area contributed by atoms with E-state index in [9.17, 15) is 43.2 Å². The van der Waals surface area contributed by atoms with E-state index in [-0.39, 0.29) is 25.7 Å². The fourth-order valence-corrected chi connectivity index (χ4v) is 12.9. The van der Waals surface area contributed by atoms with Crippen molar-refractivity contribution in [2.24, 2.45) is 23.7 Å². The van der Waals surface area contributed by atoms with E-state index < -0.39 is 97.5 Å². The Labute approximate surface area is 575 Å². The molecule has 0 radical (unpaired) electrons. The fraction of sp³-hybridized carbons (Fsp3) is 0.947. The fourth-order valence-electron chi connectivity index (χ4n) is 11.3. The Morgan fingerprint density at radius 3 is 0.755 bits per heavy atom. The lowest BCUT2D eigenvalue weighted by atomic mass is 9.99. The van der Waals surface area contributed by atoms with Gasteiger partial charge >= 0.3 is 39.5 Å². The third kappa shape index (κ3) is 66.0. The maximum absolute atomic E-state index is 13.1. The Hall–Kier alpha value is -1.94. The molecule has 0 saturated carbocycles. The lowest BCUT2D eigenvalue weighted by Gasteiger charge is -2.21. The van der Waals surface area contributed by atoms with Gasteiger partial charge in [-0.05, 0) is 49.4 Å². The quantitative estimate of drug-likeness (QED) is 0.0222. The second-order valence-electron chi connectivity index (χ2n) is 28.5. The van der Waals surface area contributed by atoms with E-state index >= 15 is 0 Å². The highest BCUT2D eigenvalue weighted by atomic mass is 31.2. The van der Waals surface area contributed by atoms with Crippen LogP contribution in [0, 0.1) is 23.7 Å². The van der Waals surface area contributed by atoms with E-state index in [0.717, 1.165) is 114 Å². The van der Waals surface area contributed by atoms with Gasteiger partial charge in [-0.2, -0.15) is 0 Å². The molecule has 0 aromatic carbocycles. The summed E-state index contributed by atoms with van der Waals surface area (Å²) in [5.74, 6) is 0.979. The van der Waals surface area contributed by atoms with Gasteiger partial charge in [-0.25, -0.2) is 9.13 Å². The van der Waals surface area contributed by atoms with Crippen molar-refractivity contribution in [1.29, 1.82) is 0 Å². The van der Waals surface area contributed by atoms with Gasteiger partial charge in [-0.15, -0.1) is 0 Å². The summed E-state index contributed by atoms with van der Waals surface area (Å²) in [7, 11) is -9.91. The first-order chi connectivity index (χ1) is 45.2. The summed E-state index contributed by atoms with van der Waals surface area (Å²) in [6.45, 7) is 14.2. The molecule has 7 atom stereocenters. The van der Waals surface area contributed by atoms with Gasteiger partial charge in [-0.1, -0.05) is 325 Å². The van der Waals surface area contributed by atoms with Gasteiger partial charge in [0.25, 0.3) is 0 Å². The van der Waals surface area contributed by atoms with E-state index in [1.165, 1.54) is 180 Å². The Bertz CT molecular complexity index is 1850. The number of aliphatic hydroxyl groups is 1. The zero-order valence-corrected chi connectivity index (χ0v) is 63.4. The molecular weight excluding hydrogens is 1230 g/mol. The van der Waals surface area contributed by atoms with Crippen molar-refractivity contribution < 1.29 is 80.2 Å². The number of hydrogen-bond acceptors (Lipinski definition) is 15. The lowest BCUT2D eigenvalue weighted by Crippen LogP contribution is -2.30. The van der Waals surface area contributed by atoms with Crippen LogP contribution in [0.25, 0.3) is 0 Å². The van der Waals surface area contributed by atoms with E-state index in [0.29, 0.717) is 25.7 Å². The van der Waals surface area contributed by atoms with Gasteiger partial charge in [0.15, 0.2) is 12.2 Å². The number of aliphatic hydroxyl groups excluding tert-OH is 1. The van der Waals surface area contributed by atoms with Crippen molar-refractivity contribution in [3.63, 3.8) is 0 Å². The molecule has 0 aromatic rings. The van der Waals surface area contributed by atoms with Crippen LogP contribution in [0.15, 0.2) is 0 Å². The van der Waals surface area contributed by atoms with Gasteiger partial charge in [0.05, 0.1) is 26.4 Å². The third-order valence-corrected chi connectivity index (χ3v) is 19.9.